The predicted octanol–water partition coefficient (Wildman–Crippen LogP) is 2.78. The van der Waals surface area contributed by atoms with Gasteiger partial charge in [-0.2, -0.15) is 0 Å². The molecule has 1 N–H and O–H groups in total. The summed E-state index contributed by atoms with van der Waals surface area (Å²) in [7, 11) is 0. The van der Waals surface area contributed by atoms with Crippen LogP contribution in [0.5, 0.6) is 0 Å². The first kappa shape index (κ1) is 13.0. The van der Waals surface area contributed by atoms with Crippen LogP contribution in [0.3, 0.4) is 0 Å². The molecule has 0 unspecified atom stereocenters. The van der Waals surface area contributed by atoms with Gasteiger partial charge in [0.25, 0.3) is 0 Å². The molecule has 1 saturated heterocycles. The molecule has 0 spiro atoms. The molecule has 0 bridgehead atoms. The van der Waals surface area contributed by atoms with Crippen molar-refractivity contribution in [2.24, 2.45) is 5.92 Å². The van der Waals surface area contributed by atoms with E-state index < -0.39 is 11.6 Å². The molecular formula is C15H18F2O2. The van der Waals surface area contributed by atoms with E-state index in [0.29, 0.717) is 24.7 Å². The third kappa shape index (κ3) is 2.17. The van der Waals surface area contributed by atoms with Gasteiger partial charge in [0.2, 0.25) is 0 Å². The average Bonchev–Trinajstić information content (AvgIpc) is 2.32. The van der Waals surface area contributed by atoms with E-state index in [1.54, 1.807) is 6.07 Å². The zero-order chi connectivity index (χ0) is 13.5. The number of halogens is 2. The molecule has 0 atom stereocenters. The number of aliphatic hydroxyl groups excluding tert-OH is 1. The maximum atomic E-state index is 14.1. The second-order valence-electron chi connectivity index (χ2n) is 5.78. The molecule has 1 aromatic carbocycles. The lowest BCUT2D eigenvalue weighted by molar-refractivity contribution is -0.105. The third-order valence-electron chi connectivity index (χ3n) is 4.66. The largest absolute Gasteiger partial charge is 0.393 e. The molecule has 2 fully saturated rings. The second kappa shape index (κ2) is 4.84. The zero-order valence-electron chi connectivity index (χ0n) is 10.7. The number of rotatable bonds is 2. The van der Waals surface area contributed by atoms with Gasteiger partial charge >= 0.3 is 0 Å². The molecule has 2 aliphatic rings. The Morgan fingerprint density at radius 3 is 2.32 bits per heavy atom. The van der Waals surface area contributed by atoms with Crippen LogP contribution < -0.4 is 0 Å². The third-order valence-corrected chi connectivity index (χ3v) is 4.66. The van der Waals surface area contributed by atoms with E-state index >= 15 is 0 Å². The fourth-order valence-electron chi connectivity index (χ4n) is 3.45. The summed E-state index contributed by atoms with van der Waals surface area (Å²) in [5.74, 6) is -0.713. The lowest BCUT2D eigenvalue weighted by Gasteiger charge is -2.49. The van der Waals surface area contributed by atoms with Crippen molar-refractivity contribution < 1.29 is 18.6 Å². The Balaban J connectivity index is 1.90. The molecule has 1 saturated carbocycles. The highest BCUT2D eigenvalue weighted by molar-refractivity contribution is 5.31. The number of aliphatic hydroxyl groups is 1. The second-order valence-corrected chi connectivity index (χ2v) is 5.78. The summed E-state index contributed by atoms with van der Waals surface area (Å²) in [5.41, 5.74) is 0.249. The smallest absolute Gasteiger partial charge is 0.130 e. The molecule has 104 valence electrons. The molecule has 2 nitrogen and oxygen atoms in total. The molecule has 19 heavy (non-hydrogen) atoms. The minimum Gasteiger partial charge on any atom is -0.393 e. The van der Waals surface area contributed by atoms with Gasteiger partial charge in [0.1, 0.15) is 11.6 Å². The van der Waals surface area contributed by atoms with Gasteiger partial charge in [0, 0.05) is 11.5 Å². The van der Waals surface area contributed by atoms with Crippen molar-refractivity contribution in [3.63, 3.8) is 0 Å². The summed E-state index contributed by atoms with van der Waals surface area (Å²) in [6.07, 6.45) is 3.04. The van der Waals surface area contributed by atoms with E-state index in [0.717, 1.165) is 31.7 Å². The van der Waals surface area contributed by atoms with E-state index in [4.69, 9.17) is 4.74 Å². The van der Waals surface area contributed by atoms with E-state index in [9.17, 15) is 13.9 Å². The molecule has 1 aliphatic heterocycles. The monoisotopic (exact) mass is 268 g/mol. The van der Waals surface area contributed by atoms with Crippen LogP contribution in [0, 0.1) is 17.6 Å². The summed E-state index contributed by atoms with van der Waals surface area (Å²) >= 11 is 0. The van der Waals surface area contributed by atoms with Crippen molar-refractivity contribution in [1.82, 2.24) is 0 Å². The van der Waals surface area contributed by atoms with Gasteiger partial charge in [0.15, 0.2) is 0 Å². The minimum atomic E-state index is -0.546. The number of hydrogen-bond donors (Lipinski definition) is 1. The van der Waals surface area contributed by atoms with Crippen LogP contribution >= 0.6 is 0 Å². The van der Waals surface area contributed by atoms with E-state index in [2.05, 4.69) is 0 Å². The molecule has 1 aliphatic carbocycles. The quantitative estimate of drug-likeness (QED) is 0.893. The van der Waals surface area contributed by atoms with Gasteiger partial charge in [-0.25, -0.2) is 8.78 Å². The maximum Gasteiger partial charge on any atom is 0.130 e. The van der Waals surface area contributed by atoms with Crippen molar-refractivity contribution in [2.45, 2.75) is 37.2 Å². The van der Waals surface area contributed by atoms with Crippen molar-refractivity contribution >= 4 is 0 Å². The first-order valence-electron chi connectivity index (χ1n) is 6.83. The number of hydrogen-bond acceptors (Lipinski definition) is 2. The standard InChI is InChI=1S/C15H18F2O2/c16-11-3-6-13(14(17)7-11)15(8-19-9-15)10-1-4-12(18)5-2-10/h3,6-7,10,12,18H,1-2,4-5,8-9H2. The Morgan fingerprint density at radius 1 is 1.11 bits per heavy atom. The lowest BCUT2D eigenvalue weighted by atomic mass is 9.63. The number of ether oxygens (including phenoxy) is 1. The van der Waals surface area contributed by atoms with E-state index in [-0.39, 0.29) is 11.5 Å². The predicted molar refractivity (Wildman–Crippen MR) is 66.8 cm³/mol. The van der Waals surface area contributed by atoms with Crippen molar-refractivity contribution in [1.29, 1.82) is 0 Å². The molecule has 4 heteroatoms. The van der Waals surface area contributed by atoms with Gasteiger partial charge < -0.3 is 9.84 Å². The van der Waals surface area contributed by atoms with Crippen molar-refractivity contribution in [3.8, 4) is 0 Å². The van der Waals surface area contributed by atoms with Crippen LogP contribution in [-0.4, -0.2) is 24.4 Å². The van der Waals surface area contributed by atoms with Gasteiger partial charge in [0.05, 0.1) is 19.3 Å². The van der Waals surface area contributed by atoms with Crippen LogP contribution in [0.15, 0.2) is 18.2 Å². The zero-order valence-corrected chi connectivity index (χ0v) is 10.7. The summed E-state index contributed by atoms with van der Waals surface area (Å²) < 4.78 is 32.4. The van der Waals surface area contributed by atoms with Crippen molar-refractivity contribution in [2.75, 3.05) is 13.2 Å². The first-order valence-corrected chi connectivity index (χ1v) is 6.83. The topological polar surface area (TPSA) is 29.5 Å². The minimum absolute atomic E-state index is 0.229. The van der Waals surface area contributed by atoms with Gasteiger partial charge in [-0.15, -0.1) is 0 Å². The molecular weight excluding hydrogens is 250 g/mol. The van der Waals surface area contributed by atoms with Crippen LogP contribution in [0.25, 0.3) is 0 Å². The SMILES string of the molecule is OC1CCC(C2(c3ccc(F)cc3F)COC2)CC1. The Kier molecular flexibility index (Phi) is 3.31. The Morgan fingerprint density at radius 2 is 1.79 bits per heavy atom. The molecule has 0 amide bonds. The van der Waals surface area contributed by atoms with E-state index in [1.165, 1.54) is 6.07 Å². The summed E-state index contributed by atoms with van der Waals surface area (Å²) in [5, 5.41) is 9.59. The van der Waals surface area contributed by atoms with Gasteiger partial charge in [-0.1, -0.05) is 6.07 Å². The normalized spacial score (nSPS) is 29.8. The summed E-state index contributed by atoms with van der Waals surface area (Å²) in [4.78, 5) is 0. The fourth-order valence-corrected chi connectivity index (χ4v) is 3.45. The van der Waals surface area contributed by atoms with Crippen LogP contribution in [0.4, 0.5) is 8.78 Å². The molecule has 0 aromatic heterocycles. The van der Waals surface area contributed by atoms with Gasteiger partial charge in [-0.3, -0.25) is 0 Å². The Labute approximate surface area is 111 Å². The number of benzene rings is 1. The van der Waals surface area contributed by atoms with Crippen LogP contribution in [0.1, 0.15) is 31.2 Å². The highest BCUT2D eigenvalue weighted by Gasteiger charge is 2.49. The Bertz CT molecular complexity index is 463. The lowest BCUT2D eigenvalue weighted by Crippen LogP contribution is -2.54. The first-order chi connectivity index (χ1) is 9.12. The average molecular weight is 268 g/mol. The molecule has 1 aromatic rings. The summed E-state index contributed by atoms with van der Waals surface area (Å²) in [6, 6.07) is 3.82. The molecule has 3 rings (SSSR count). The maximum absolute atomic E-state index is 14.1. The molecule has 0 radical (unpaired) electrons. The van der Waals surface area contributed by atoms with Crippen LogP contribution in [-0.2, 0) is 10.2 Å². The summed E-state index contributed by atoms with van der Waals surface area (Å²) in [6.45, 7) is 0.993. The fraction of sp³-hybridized carbons (Fsp3) is 0.600. The van der Waals surface area contributed by atoms with Gasteiger partial charge in [-0.05, 0) is 43.2 Å². The highest BCUT2D eigenvalue weighted by atomic mass is 19.1. The molecule has 1 heterocycles. The highest BCUT2D eigenvalue weighted by Crippen LogP contribution is 2.46. The van der Waals surface area contributed by atoms with Crippen molar-refractivity contribution in [3.05, 3.63) is 35.4 Å². The van der Waals surface area contributed by atoms with E-state index in [1.807, 2.05) is 0 Å². The Hall–Kier alpha value is -1.00. The van der Waals surface area contributed by atoms with Crippen LogP contribution in [0.2, 0.25) is 0 Å².